The fraction of sp³-hybridized carbons (Fsp3) is 0.261. The lowest BCUT2D eigenvalue weighted by molar-refractivity contribution is 0.200. The molecule has 0 aliphatic carbocycles. The van der Waals surface area contributed by atoms with Gasteiger partial charge in [-0.25, -0.2) is 15.0 Å². The van der Waals surface area contributed by atoms with Gasteiger partial charge in [-0.2, -0.15) is 0 Å². The highest BCUT2D eigenvalue weighted by Gasteiger charge is 2.14. The Morgan fingerprint density at radius 1 is 1.19 bits per heavy atom. The number of likely N-dealkylation sites (N-methyl/N-ethyl adjacent to an activating group) is 1. The Kier molecular flexibility index (Phi) is 6.83. The molecule has 4 aromatic rings. The van der Waals surface area contributed by atoms with Crippen LogP contribution in [0.5, 0.6) is 5.75 Å². The fourth-order valence-corrected chi connectivity index (χ4v) is 4.10. The molecule has 0 fully saturated rings. The van der Waals surface area contributed by atoms with E-state index in [0.29, 0.717) is 17.4 Å². The van der Waals surface area contributed by atoms with E-state index in [-0.39, 0.29) is 6.04 Å². The SMILES string of the molecule is C[C@@H](COc1cccc2ncnc(Nc3ccc(Sc4nccn4C)c(Cl)c3)c12)N(C)C. The Morgan fingerprint density at radius 3 is 2.75 bits per heavy atom. The van der Waals surface area contributed by atoms with Gasteiger partial charge >= 0.3 is 0 Å². The van der Waals surface area contributed by atoms with Crippen LogP contribution in [-0.2, 0) is 7.05 Å². The first-order chi connectivity index (χ1) is 15.4. The number of aromatic nitrogens is 4. The normalized spacial score (nSPS) is 12.3. The molecule has 9 heteroatoms. The molecule has 1 atom stereocenters. The fourth-order valence-electron chi connectivity index (χ4n) is 3.00. The molecule has 0 aliphatic rings. The number of nitrogens with one attached hydrogen (secondary N) is 1. The molecule has 2 aromatic carbocycles. The van der Waals surface area contributed by atoms with Crippen LogP contribution < -0.4 is 10.1 Å². The van der Waals surface area contributed by atoms with Gasteiger partial charge in [-0.3, -0.25) is 0 Å². The van der Waals surface area contributed by atoms with Crippen molar-refractivity contribution in [1.82, 2.24) is 24.4 Å². The highest BCUT2D eigenvalue weighted by molar-refractivity contribution is 7.99. The monoisotopic (exact) mass is 468 g/mol. The summed E-state index contributed by atoms with van der Waals surface area (Å²) in [6, 6.07) is 11.9. The summed E-state index contributed by atoms with van der Waals surface area (Å²) in [4.78, 5) is 16.3. The lowest BCUT2D eigenvalue weighted by atomic mass is 10.2. The molecule has 2 heterocycles. The Balaban J connectivity index is 1.60. The van der Waals surface area contributed by atoms with Gasteiger partial charge in [0.1, 0.15) is 24.5 Å². The number of benzene rings is 2. The molecule has 1 N–H and O–H groups in total. The summed E-state index contributed by atoms with van der Waals surface area (Å²) >= 11 is 8.09. The zero-order valence-electron chi connectivity index (χ0n) is 18.4. The predicted molar refractivity (Wildman–Crippen MR) is 130 cm³/mol. The first-order valence-corrected chi connectivity index (χ1v) is 11.4. The average molecular weight is 469 g/mol. The van der Waals surface area contributed by atoms with Crippen molar-refractivity contribution in [2.24, 2.45) is 7.05 Å². The largest absolute Gasteiger partial charge is 0.491 e. The van der Waals surface area contributed by atoms with Crippen LogP contribution in [0.15, 0.2) is 65.2 Å². The number of anilines is 2. The molecule has 4 rings (SSSR count). The van der Waals surface area contributed by atoms with Crippen molar-refractivity contribution in [2.75, 3.05) is 26.0 Å². The molecule has 32 heavy (non-hydrogen) atoms. The van der Waals surface area contributed by atoms with E-state index in [9.17, 15) is 0 Å². The zero-order chi connectivity index (χ0) is 22.7. The lowest BCUT2D eigenvalue weighted by Crippen LogP contribution is -2.30. The van der Waals surface area contributed by atoms with E-state index >= 15 is 0 Å². The summed E-state index contributed by atoms with van der Waals surface area (Å²) < 4.78 is 8.09. The molecule has 0 saturated carbocycles. The van der Waals surface area contributed by atoms with Gasteiger partial charge in [-0.15, -0.1) is 0 Å². The van der Waals surface area contributed by atoms with E-state index in [4.69, 9.17) is 16.3 Å². The second-order valence-corrected chi connectivity index (χ2v) is 9.11. The number of ether oxygens (including phenoxy) is 1. The predicted octanol–water partition coefficient (Wildman–Crippen LogP) is 5.24. The van der Waals surface area contributed by atoms with Crippen molar-refractivity contribution in [1.29, 1.82) is 0 Å². The van der Waals surface area contributed by atoms with Crippen molar-refractivity contribution in [3.05, 3.63) is 60.1 Å². The third kappa shape index (κ3) is 4.98. The summed E-state index contributed by atoms with van der Waals surface area (Å²) in [5.41, 5.74) is 1.64. The molecule has 0 saturated heterocycles. The standard InChI is InChI=1S/C23H25ClN6OS/c1-15(29(2)3)13-31-19-7-5-6-18-21(19)22(27-14-26-18)28-16-8-9-20(17(24)12-16)32-23-25-10-11-30(23)4/h5-12,14-15H,13H2,1-4H3,(H,26,27,28)/t15-/m0/s1. The lowest BCUT2D eigenvalue weighted by Gasteiger charge is -2.21. The minimum atomic E-state index is 0.272. The highest BCUT2D eigenvalue weighted by Crippen LogP contribution is 2.36. The summed E-state index contributed by atoms with van der Waals surface area (Å²) in [6.07, 6.45) is 5.22. The molecule has 0 unspecified atom stereocenters. The second-order valence-electron chi connectivity index (χ2n) is 7.69. The van der Waals surface area contributed by atoms with Crippen LogP contribution in [0.3, 0.4) is 0 Å². The van der Waals surface area contributed by atoms with Crippen LogP contribution in [0.1, 0.15) is 6.92 Å². The van der Waals surface area contributed by atoms with Gasteiger partial charge in [0.25, 0.3) is 0 Å². The van der Waals surface area contributed by atoms with Crippen molar-refractivity contribution in [3.8, 4) is 5.75 Å². The van der Waals surface area contributed by atoms with Crippen molar-refractivity contribution < 1.29 is 4.74 Å². The zero-order valence-corrected chi connectivity index (χ0v) is 20.0. The Morgan fingerprint density at radius 2 is 2.03 bits per heavy atom. The summed E-state index contributed by atoms with van der Waals surface area (Å²) in [5.74, 6) is 1.41. The Hall–Kier alpha value is -2.81. The Labute approximate surface area is 196 Å². The third-order valence-electron chi connectivity index (χ3n) is 5.16. The summed E-state index contributed by atoms with van der Waals surface area (Å²) in [5, 5.41) is 5.73. The molecule has 0 aliphatic heterocycles. The first kappa shape index (κ1) is 22.4. The highest BCUT2D eigenvalue weighted by atomic mass is 35.5. The van der Waals surface area contributed by atoms with Crippen molar-refractivity contribution in [3.63, 3.8) is 0 Å². The maximum atomic E-state index is 6.57. The topological polar surface area (TPSA) is 68.1 Å². The van der Waals surface area contributed by atoms with Gasteiger partial charge in [0.05, 0.1) is 15.9 Å². The molecule has 7 nitrogen and oxygen atoms in total. The Bertz CT molecular complexity index is 1220. The van der Waals surface area contributed by atoms with Gasteiger partial charge in [0.15, 0.2) is 5.16 Å². The van der Waals surface area contributed by atoms with Crippen LogP contribution in [0.25, 0.3) is 10.9 Å². The average Bonchev–Trinajstić information content (AvgIpc) is 3.18. The molecule has 2 aromatic heterocycles. The molecular weight excluding hydrogens is 444 g/mol. The number of imidazole rings is 1. The summed E-state index contributed by atoms with van der Waals surface area (Å²) in [7, 11) is 6.03. The summed E-state index contributed by atoms with van der Waals surface area (Å²) in [6.45, 7) is 2.68. The van der Waals surface area contributed by atoms with E-state index in [2.05, 4.69) is 32.1 Å². The van der Waals surface area contributed by atoms with Gasteiger partial charge in [0.2, 0.25) is 0 Å². The van der Waals surface area contributed by atoms with Gasteiger partial charge in [-0.05, 0) is 51.4 Å². The van der Waals surface area contributed by atoms with Crippen molar-refractivity contribution in [2.45, 2.75) is 23.0 Å². The number of fused-ring (bicyclic) bond motifs is 1. The van der Waals surface area contributed by atoms with E-state index in [1.807, 2.05) is 68.3 Å². The minimum absolute atomic E-state index is 0.272. The molecular formula is C23H25ClN6OS. The second kappa shape index (κ2) is 9.77. The van der Waals surface area contributed by atoms with Crippen LogP contribution in [0.2, 0.25) is 5.02 Å². The number of halogens is 1. The van der Waals surface area contributed by atoms with E-state index in [1.165, 1.54) is 11.8 Å². The van der Waals surface area contributed by atoms with Gasteiger partial charge in [0, 0.05) is 36.1 Å². The number of rotatable bonds is 8. The van der Waals surface area contributed by atoms with Crippen LogP contribution in [-0.4, -0.2) is 51.2 Å². The molecule has 0 radical (unpaired) electrons. The van der Waals surface area contributed by atoms with Crippen LogP contribution in [0.4, 0.5) is 11.5 Å². The first-order valence-electron chi connectivity index (χ1n) is 10.2. The van der Waals surface area contributed by atoms with Crippen LogP contribution >= 0.6 is 23.4 Å². The van der Waals surface area contributed by atoms with E-state index < -0.39 is 0 Å². The molecule has 0 bridgehead atoms. The van der Waals surface area contributed by atoms with Gasteiger partial charge < -0.3 is 19.5 Å². The number of nitrogens with zero attached hydrogens (tertiary/aromatic N) is 5. The maximum Gasteiger partial charge on any atom is 0.172 e. The van der Waals surface area contributed by atoms with E-state index in [1.54, 1.807) is 12.5 Å². The molecule has 166 valence electrons. The minimum Gasteiger partial charge on any atom is -0.491 e. The van der Waals surface area contributed by atoms with Crippen molar-refractivity contribution >= 4 is 45.8 Å². The molecule has 0 amide bonds. The smallest absolute Gasteiger partial charge is 0.172 e. The number of hydrogen-bond acceptors (Lipinski definition) is 7. The quantitative estimate of drug-likeness (QED) is 0.379. The number of aryl methyl sites for hydroxylation is 1. The molecule has 0 spiro atoms. The van der Waals surface area contributed by atoms with Gasteiger partial charge in [-0.1, -0.05) is 29.4 Å². The third-order valence-corrected chi connectivity index (χ3v) is 6.74. The van der Waals surface area contributed by atoms with E-state index in [0.717, 1.165) is 32.4 Å². The van der Waals surface area contributed by atoms with Crippen LogP contribution in [0, 0.1) is 0 Å². The number of hydrogen-bond donors (Lipinski definition) is 1. The maximum absolute atomic E-state index is 6.57.